The molecule has 1 saturated carbocycles. The second kappa shape index (κ2) is 11.9. The highest BCUT2D eigenvalue weighted by Gasteiger charge is 2.50. The van der Waals surface area contributed by atoms with E-state index in [1.54, 1.807) is 5.56 Å². The quantitative estimate of drug-likeness (QED) is 0.373. The summed E-state index contributed by atoms with van der Waals surface area (Å²) in [7, 11) is 0. The molecule has 0 amide bonds. The van der Waals surface area contributed by atoms with Crippen LogP contribution in [0.4, 0.5) is 5.69 Å². The highest BCUT2D eigenvalue weighted by atomic mass is 16.5. The molecule has 2 aromatic carbocycles. The van der Waals surface area contributed by atoms with Crippen LogP contribution in [0.15, 0.2) is 36.4 Å². The molecule has 1 aliphatic heterocycles. The van der Waals surface area contributed by atoms with Crippen LogP contribution in [-0.2, 0) is 11.8 Å². The van der Waals surface area contributed by atoms with Crippen LogP contribution in [0.25, 0.3) is 0 Å². The van der Waals surface area contributed by atoms with Gasteiger partial charge in [-0.05, 0) is 84.6 Å². The number of fused-ring (bicyclic) bond motifs is 3. The van der Waals surface area contributed by atoms with Crippen molar-refractivity contribution in [2.24, 2.45) is 11.3 Å². The molecule has 0 spiro atoms. The van der Waals surface area contributed by atoms with Gasteiger partial charge in [0.25, 0.3) is 0 Å². The summed E-state index contributed by atoms with van der Waals surface area (Å²) in [5.74, 6) is 3.06. The lowest BCUT2D eigenvalue weighted by molar-refractivity contribution is 0.0401. The Morgan fingerprint density at radius 1 is 0.950 bits per heavy atom. The Kier molecular flexibility index (Phi) is 8.73. The fraction of sp³-hybridized carbons (Fsp3) is 0.657. The van der Waals surface area contributed by atoms with Crippen molar-refractivity contribution in [2.75, 3.05) is 50.8 Å². The van der Waals surface area contributed by atoms with E-state index in [-0.39, 0.29) is 5.41 Å². The SMILES string of the molecule is CCOc1ccccc1N1CCN(CC(O)COc2ccc3c(c2C(C)C)CCC2C(C)(C)CCC[C@]32C)CC1. The summed E-state index contributed by atoms with van der Waals surface area (Å²) < 4.78 is 12.3. The molecule has 1 saturated heterocycles. The van der Waals surface area contributed by atoms with Gasteiger partial charge in [-0.2, -0.15) is 0 Å². The maximum absolute atomic E-state index is 11.0. The fourth-order valence-corrected chi connectivity index (χ4v) is 8.35. The third-order valence-corrected chi connectivity index (χ3v) is 10.2. The molecule has 2 aromatic rings. The van der Waals surface area contributed by atoms with Crippen LogP contribution in [-0.4, -0.2) is 62.0 Å². The van der Waals surface area contributed by atoms with Gasteiger partial charge in [-0.3, -0.25) is 4.90 Å². The monoisotopic (exact) mass is 548 g/mol. The molecule has 0 bridgehead atoms. The number of aliphatic hydroxyl groups excluding tert-OH is 1. The summed E-state index contributed by atoms with van der Waals surface area (Å²) in [6.45, 7) is 19.5. The smallest absolute Gasteiger partial charge is 0.142 e. The maximum atomic E-state index is 11.0. The Bertz CT molecular complexity index is 1150. The first-order chi connectivity index (χ1) is 19.1. The topological polar surface area (TPSA) is 45.2 Å². The number of nitrogens with zero attached hydrogens (tertiary/aromatic N) is 2. The molecule has 2 unspecified atom stereocenters. The van der Waals surface area contributed by atoms with Gasteiger partial charge in [-0.25, -0.2) is 0 Å². The van der Waals surface area contributed by atoms with Gasteiger partial charge in [-0.1, -0.05) is 59.2 Å². The summed E-state index contributed by atoms with van der Waals surface area (Å²) in [5, 5.41) is 11.0. The van der Waals surface area contributed by atoms with E-state index in [0.717, 1.165) is 50.0 Å². The van der Waals surface area contributed by atoms with E-state index in [9.17, 15) is 5.11 Å². The second-order valence-corrected chi connectivity index (χ2v) is 13.7. The zero-order valence-electron chi connectivity index (χ0n) is 25.8. The Morgan fingerprint density at radius 3 is 2.42 bits per heavy atom. The molecule has 1 N–H and O–H groups in total. The average Bonchev–Trinajstić information content (AvgIpc) is 2.92. The first-order valence-electron chi connectivity index (χ1n) is 15.8. The number of rotatable bonds is 9. The van der Waals surface area contributed by atoms with Crippen molar-refractivity contribution < 1.29 is 14.6 Å². The molecule has 2 aliphatic carbocycles. The Morgan fingerprint density at radius 2 is 1.70 bits per heavy atom. The van der Waals surface area contributed by atoms with Crippen molar-refractivity contribution in [3.8, 4) is 11.5 Å². The standard InChI is InChI=1S/C35H52N2O3/c1-7-39-30-12-9-8-11-29(30)37-21-19-36(20-22-37)23-26(38)24-40-31-15-14-28-27(33(31)25(2)3)13-16-32-34(4,5)17-10-18-35(28,32)6/h8-9,11-12,14-15,25-26,32,38H,7,10,13,16-24H2,1-6H3/t26?,32?,35-/m1/s1. The van der Waals surface area contributed by atoms with Crippen molar-refractivity contribution >= 4 is 5.69 Å². The Balaban J connectivity index is 1.21. The molecule has 1 heterocycles. The molecule has 40 heavy (non-hydrogen) atoms. The van der Waals surface area contributed by atoms with Gasteiger partial charge >= 0.3 is 0 Å². The van der Waals surface area contributed by atoms with E-state index < -0.39 is 6.10 Å². The number of aliphatic hydroxyl groups is 1. The van der Waals surface area contributed by atoms with Crippen LogP contribution in [0.2, 0.25) is 0 Å². The van der Waals surface area contributed by atoms with Crippen molar-refractivity contribution in [3.05, 3.63) is 53.1 Å². The molecule has 3 atom stereocenters. The normalized spacial score (nSPS) is 25.3. The molecule has 2 fully saturated rings. The van der Waals surface area contributed by atoms with Crippen molar-refractivity contribution in [3.63, 3.8) is 0 Å². The summed E-state index contributed by atoms with van der Waals surface area (Å²) >= 11 is 0. The number of β-amino-alcohol motifs (C(OH)–C–C–N with tert-alkyl or cyclic N) is 1. The lowest BCUT2D eigenvalue weighted by atomic mass is 9.50. The largest absolute Gasteiger partial charge is 0.492 e. The predicted molar refractivity (Wildman–Crippen MR) is 165 cm³/mol. The van der Waals surface area contributed by atoms with Crippen molar-refractivity contribution in [2.45, 2.75) is 91.1 Å². The zero-order chi connectivity index (χ0) is 28.5. The van der Waals surface area contributed by atoms with Gasteiger partial charge in [0.15, 0.2) is 0 Å². The molecule has 0 aromatic heterocycles. The maximum Gasteiger partial charge on any atom is 0.142 e. The van der Waals surface area contributed by atoms with Crippen LogP contribution in [0.5, 0.6) is 11.5 Å². The number of hydrogen-bond acceptors (Lipinski definition) is 5. The molecular weight excluding hydrogens is 496 g/mol. The fourth-order valence-electron chi connectivity index (χ4n) is 8.35. The number of benzene rings is 2. The second-order valence-electron chi connectivity index (χ2n) is 13.7. The summed E-state index contributed by atoms with van der Waals surface area (Å²) in [6.07, 6.45) is 5.84. The molecule has 5 heteroatoms. The van der Waals surface area contributed by atoms with E-state index in [4.69, 9.17) is 9.47 Å². The molecular formula is C35H52N2O3. The van der Waals surface area contributed by atoms with Crippen LogP contribution < -0.4 is 14.4 Å². The third-order valence-electron chi connectivity index (χ3n) is 10.2. The minimum atomic E-state index is -0.514. The lowest BCUT2D eigenvalue weighted by Gasteiger charge is -2.54. The minimum Gasteiger partial charge on any atom is -0.492 e. The van der Waals surface area contributed by atoms with Crippen molar-refractivity contribution in [1.29, 1.82) is 0 Å². The Labute approximate surface area is 242 Å². The molecule has 5 rings (SSSR count). The highest BCUT2D eigenvalue weighted by molar-refractivity contribution is 5.58. The van der Waals surface area contributed by atoms with E-state index in [0.29, 0.717) is 31.1 Å². The molecule has 3 aliphatic rings. The average molecular weight is 549 g/mol. The van der Waals surface area contributed by atoms with Gasteiger partial charge in [0.1, 0.15) is 24.2 Å². The number of anilines is 1. The zero-order valence-corrected chi connectivity index (χ0v) is 25.8. The number of ether oxygens (including phenoxy) is 2. The summed E-state index contributed by atoms with van der Waals surface area (Å²) in [6, 6.07) is 12.9. The molecule has 220 valence electrons. The number of piperazine rings is 1. The summed E-state index contributed by atoms with van der Waals surface area (Å²) in [5.41, 5.74) is 6.29. The van der Waals surface area contributed by atoms with Crippen molar-refractivity contribution in [1.82, 2.24) is 4.90 Å². The van der Waals surface area contributed by atoms with Gasteiger partial charge in [0.05, 0.1) is 12.3 Å². The van der Waals surface area contributed by atoms with Gasteiger partial charge in [-0.15, -0.1) is 0 Å². The van der Waals surface area contributed by atoms with E-state index >= 15 is 0 Å². The van der Waals surface area contributed by atoms with Gasteiger partial charge < -0.3 is 19.5 Å². The van der Waals surface area contributed by atoms with Gasteiger partial charge in [0.2, 0.25) is 0 Å². The highest BCUT2D eigenvalue weighted by Crippen LogP contribution is 2.58. The number of hydrogen-bond donors (Lipinski definition) is 1. The van der Waals surface area contributed by atoms with Crippen LogP contribution >= 0.6 is 0 Å². The Hall–Kier alpha value is -2.24. The van der Waals surface area contributed by atoms with Crippen LogP contribution in [0.1, 0.15) is 89.8 Å². The first-order valence-corrected chi connectivity index (χ1v) is 15.8. The van der Waals surface area contributed by atoms with E-state index in [1.165, 1.54) is 42.5 Å². The lowest BCUT2D eigenvalue weighted by Crippen LogP contribution is -2.49. The number of para-hydroxylation sites is 2. The van der Waals surface area contributed by atoms with E-state index in [1.807, 2.05) is 19.1 Å². The summed E-state index contributed by atoms with van der Waals surface area (Å²) in [4.78, 5) is 4.75. The van der Waals surface area contributed by atoms with Crippen LogP contribution in [0.3, 0.4) is 0 Å². The predicted octanol–water partition coefficient (Wildman–Crippen LogP) is 6.80. The molecule has 0 radical (unpaired) electrons. The minimum absolute atomic E-state index is 0.252. The molecule has 5 nitrogen and oxygen atoms in total. The first kappa shape index (κ1) is 29.3. The van der Waals surface area contributed by atoms with Gasteiger partial charge in [0, 0.05) is 38.3 Å². The van der Waals surface area contributed by atoms with Crippen LogP contribution in [0, 0.1) is 11.3 Å². The third kappa shape index (κ3) is 5.74. The van der Waals surface area contributed by atoms with E-state index in [2.05, 4.69) is 68.7 Å².